The first-order chi connectivity index (χ1) is 12.4. The molecule has 1 aromatic carbocycles. The van der Waals surface area contributed by atoms with E-state index >= 15 is 0 Å². The number of carbonyl (C=O) groups excluding carboxylic acids is 1. The van der Waals surface area contributed by atoms with Crippen LogP contribution < -0.4 is 10.2 Å². The van der Waals surface area contributed by atoms with Gasteiger partial charge in [0.25, 0.3) is 5.91 Å². The number of aromatic nitrogens is 1. The second kappa shape index (κ2) is 9.47. The Labute approximate surface area is 154 Å². The number of pyridine rings is 1. The van der Waals surface area contributed by atoms with Crippen molar-refractivity contribution in [2.24, 2.45) is 0 Å². The van der Waals surface area contributed by atoms with Gasteiger partial charge in [-0.15, -0.1) is 0 Å². The van der Waals surface area contributed by atoms with Crippen molar-refractivity contribution in [3.05, 3.63) is 54.2 Å². The minimum atomic E-state index is -4.48. The monoisotopic (exact) mass is 383 g/mol. The molecule has 0 radical (unpaired) electrons. The Bertz CT molecular complexity index is 710. The summed E-state index contributed by atoms with van der Waals surface area (Å²) in [5.74, 6) is -0.540. The van der Waals surface area contributed by atoms with Crippen molar-refractivity contribution in [2.75, 3.05) is 25.0 Å². The fourth-order valence-electron chi connectivity index (χ4n) is 2.34. The van der Waals surface area contributed by atoms with Crippen LogP contribution in [0.3, 0.4) is 0 Å². The molecule has 0 saturated carbocycles. The van der Waals surface area contributed by atoms with Crippen molar-refractivity contribution in [1.29, 1.82) is 0 Å². The van der Waals surface area contributed by atoms with Gasteiger partial charge in [0, 0.05) is 43.8 Å². The van der Waals surface area contributed by atoms with Crippen LogP contribution in [0.4, 0.5) is 18.9 Å². The first-order valence-corrected chi connectivity index (χ1v) is 8.93. The maximum atomic E-state index is 12.5. The Morgan fingerprint density at radius 2 is 1.88 bits per heavy atom. The van der Waals surface area contributed by atoms with Crippen LogP contribution in [0.1, 0.15) is 23.2 Å². The number of rotatable bonds is 8. The third-order valence-corrected chi connectivity index (χ3v) is 4.38. The summed E-state index contributed by atoms with van der Waals surface area (Å²) in [6.45, 7) is 1.22. The molecular formula is C18H20F3N3OS. The standard InChI is InChI=1S/C18H20F3N3OS/c1-24(14-8-3-2-4-9-14)13-6-5-11-22-16(25)15-10-7-12-23-17(15)26-18(19,20)21/h2-4,7-10,12H,5-6,11,13H2,1H3,(H,22,25). The van der Waals surface area contributed by atoms with Crippen LogP contribution in [-0.2, 0) is 0 Å². The summed E-state index contributed by atoms with van der Waals surface area (Å²) in [5, 5.41) is 2.33. The number of hydrogen-bond donors (Lipinski definition) is 1. The number of alkyl halides is 3. The number of thioether (sulfide) groups is 1. The lowest BCUT2D eigenvalue weighted by Gasteiger charge is -2.19. The van der Waals surface area contributed by atoms with Crippen LogP contribution in [0.5, 0.6) is 0 Å². The zero-order chi connectivity index (χ0) is 19.0. The average Bonchev–Trinajstić information content (AvgIpc) is 2.61. The zero-order valence-electron chi connectivity index (χ0n) is 14.3. The molecule has 140 valence electrons. The number of nitrogens with one attached hydrogen (secondary N) is 1. The summed E-state index contributed by atoms with van der Waals surface area (Å²) in [5.41, 5.74) is -3.43. The topological polar surface area (TPSA) is 45.2 Å². The maximum absolute atomic E-state index is 12.5. The van der Waals surface area contributed by atoms with E-state index in [1.807, 2.05) is 37.4 Å². The number of benzene rings is 1. The van der Waals surface area contributed by atoms with Crippen LogP contribution >= 0.6 is 11.8 Å². The van der Waals surface area contributed by atoms with Crippen molar-refractivity contribution < 1.29 is 18.0 Å². The molecule has 0 fully saturated rings. The Kier molecular flexibility index (Phi) is 7.32. The molecule has 8 heteroatoms. The van der Waals surface area contributed by atoms with Gasteiger partial charge in [-0.2, -0.15) is 13.2 Å². The van der Waals surface area contributed by atoms with Crippen LogP contribution in [0.25, 0.3) is 0 Å². The number of unbranched alkanes of at least 4 members (excludes halogenated alkanes) is 1. The maximum Gasteiger partial charge on any atom is 0.447 e. The number of para-hydroxylation sites is 1. The highest BCUT2D eigenvalue weighted by Crippen LogP contribution is 2.37. The number of anilines is 1. The van der Waals surface area contributed by atoms with Gasteiger partial charge in [-0.25, -0.2) is 4.98 Å². The number of amides is 1. The zero-order valence-corrected chi connectivity index (χ0v) is 15.1. The van der Waals surface area contributed by atoms with Gasteiger partial charge in [-0.1, -0.05) is 18.2 Å². The van der Waals surface area contributed by atoms with Crippen molar-refractivity contribution in [3.8, 4) is 0 Å². The molecule has 1 amide bonds. The molecule has 1 heterocycles. The molecule has 26 heavy (non-hydrogen) atoms. The smallest absolute Gasteiger partial charge is 0.375 e. The molecule has 0 aliphatic heterocycles. The number of carbonyl (C=O) groups is 1. The SMILES string of the molecule is CN(CCCCNC(=O)c1cccnc1SC(F)(F)F)c1ccccc1. The number of halogens is 3. The van der Waals surface area contributed by atoms with Crippen molar-refractivity contribution in [1.82, 2.24) is 10.3 Å². The minimum absolute atomic E-state index is 0.0590. The van der Waals surface area contributed by atoms with E-state index < -0.39 is 11.4 Å². The first-order valence-electron chi connectivity index (χ1n) is 8.12. The van der Waals surface area contributed by atoms with E-state index in [1.54, 1.807) is 0 Å². The second-order valence-electron chi connectivity index (χ2n) is 5.62. The molecule has 4 nitrogen and oxygen atoms in total. The van der Waals surface area contributed by atoms with Gasteiger partial charge in [-0.3, -0.25) is 4.79 Å². The fourth-order valence-corrected chi connectivity index (χ4v) is 2.94. The summed E-state index contributed by atoms with van der Waals surface area (Å²) in [6.07, 6.45) is 2.82. The summed E-state index contributed by atoms with van der Waals surface area (Å²) in [7, 11) is 1.99. The number of hydrogen-bond acceptors (Lipinski definition) is 4. The van der Waals surface area contributed by atoms with Gasteiger partial charge < -0.3 is 10.2 Å². The Balaban J connectivity index is 1.77. The highest BCUT2D eigenvalue weighted by atomic mass is 32.2. The molecule has 1 aromatic heterocycles. The van der Waals surface area contributed by atoms with Crippen molar-refractivity contribution >= 4 is 23.4 Å². The lowest BCUT2D eigenvalue weighted by atomic mass is 10.2. The lowest BCUT2D eigenvalue weighted by molar-refractivity contribution is -0.0329. The minimum Gasteiger partial charge on any atom is -0.375 e. The predicted molar refractivity (Wildman–Crippen MR) is 97.4 cm³/mol. The second-order valence-corrected chi connectivity index (χ2v) is 6.68. The molecular weight excluding hydrogens is 363 g/mol. The lowest BCUT2D eigenvalue weighted by Crippen LogP contribution is -2.26. The van der Waals surface area contributed by atoms with Gasteiger partial charge >= 0.3 is 5.51 Å². The molecule has 0 spiro atoms. The molecule has 2 aromatic rings. The summed E-state index contributed by atoms with van der Waals surface area (Å²) < 4.78 is 37.6. The normalized spacial score (nSPS) is 11.2. The Hall–Kier alpha value is -2.22. The highest BCUT2D eigenvalue weighted by molar-refractivity contribution is 8.00. The Morgan fingerprint density at radius 3 is 2.58 bits per heavy atom. The average molecular weight is 383 g/mol. The summed E-state index contributed by atoms with van der Waals surface area (Å²) >= 11 is -0.378. The molecule has 0 saturated heterocycles. The van der Waals surface area contributed by atoms with Crippen LogP contribution in [-0.4, -0.2) is 36.5 Å². The van der Waals surface area contributed by atoms with E-state index in [9.17, 15) is 18.0 Å². The predicted octanol–water partition coefficient (Wildman–Crippen LogP) is 4.34. The highest BCUT2D eigenvalue weighted by Gasteiger charge is 2.32. The van der Waals surface area contributed by atoms with E-state index in [0.717, 1.165) is 25.1 Å². The molecule has 0 unspecified atom stereocenters. The van der Waals surface area contributed by atoms with E-state index in [0.29, 0.717) is 6.54 Å². The molecule has 0 atom stereocenters. The fraction of sp³-hybridized carbons (Fsp3) is 0.333. The molecule has 0 aliphatic rings. The van der Waals surface area contributed by atoms with Crippen LogP contribution in [0.2, 0.25) is 0 Å². The van der Waals surface area contributed by atoms with Crippen LogP contribution in [0, 0.1) is 0 Å². The van der Waals surface area contributed by atoms with E-state index in [4.69, 9.17) is 0 Å². The molecule has 0 bridgehead atoms. The van der Waals surface area contributed by atoms with Crippen molar-refractivity contribution in [3.63, 3.8) is 0 Å². The first kappa shape index (κ1) is 20.1. The van der Waals surface area contributed by atoms with Gasteiger partial charge in [0.2, 0.25) is 0 Å². The van der Waals surface area contributed by atoms with Gasteiger partial charge in [0.15, 0.2) is 0 Å². The van der Waals surface area contributed by atoms with E-state index in [2.05, 4.69) is 15.2 Å². The van der Waals surface area contributed by atoms with Gasteiger partial charge in [0.1, 0.15) is 5.03 Å². The largest absolute Gasteiger partial charge is 0.447 e. The van der Waals surface area contributed by atoms with E-state index in [-0.39, 0.29) is 22.4 Å². The summed E-state index contributed by atoms with van der Waals surface area (Å²) in [6, 6.07) is 12.7. The number of nitrogens with zero attached hydrogens (tertiary/aromatic N) is 2. The summed E-state index contributed by atoms with van der Waals surface area (Å²) in [4.78, 5) is 17.9. The van der Waals surface area contributed by atoms with Crippen molar-refractivity contribution in [2.45, 2.75) is 23.4 Å². The molecule has 1 N–H and O–H groups in total. The van der Waals surface area contributed by atoms with Gasteiger partial charge in [0.05, 0.1) is 5.56 Å². The third kappa shape index (κ3) is 6.59. The quantitative estimate of drug-likeness (QED) is 0.544. The van der Waals surface area contributed by atoms with Gasteiger partial charge in [-0.05, 0) is 37.1 Å². The third-order valence-electron chi connectivity index (χ3n) is 3.63. The Morgan fingerprint density at radius 1 is 1.15 bits per heavy atom. The molecule has 0 aliphatic carbocycles. The molecule has 2 rings (SSSR count). The van der Waals surface area contributed by atoms with E-state index in [1.165, 1.54) is 18.3 Å². The van der Waals surface area contributed by atoms with Crippen LogP contribution in [0.15, 0.2) is 53.7 Å².